The maximum atomic E-state index is 12.8. The highest BCUT2D eigenvalue weighted by Crippen LogP contribution is 2.21. The van der Waals surface area contributed by atoms with Crippen LogP contribution in [-0.4, -0.2) is 26.7 Å². The Balaban J connectivity index is 2.11. The van der Waals surface area contributed by atoms with Crippen molar-refractivity contribution in [2.24, 2.45) is 0 Å². The van der Waals surface area contributed by atoms with Crippen molar-refractivity contribution in [2.75, 3.05) is 6.26 Å². The summed E-state index contributed by atoms with van der Waals surface area (Å²) in [6.07, 6.45) is 1.81. The van der Waals surface area contributed by atoms with Crippen molar-refractivity contribution in [1.29, 1.82) is 0 Å². The van der Waals surface area contributed by atoms with Crippen LogP contribution >= 0.6 is 0 Å². The summed E-state index contributed by atoms with van der Waals surface area (Å²) in [4.78, 5) is 13.0. The van der Waals surface area contributed by atoms with Crippen molar-refractivity contribution in [3.05, 3.63) is 59.2 Å². The summed E-state index contributed by atoms with van der Waals surface area (Å²) in [7, 11) is -3.24. The molecule has 0 aliphatic rings. The van der Waals surface area contributed by atoms with Gasteiger partial charge in [0.2, 0.25) is 0 Å². The lowest BCUT2D eigenvalue weighted by atomic mass is 10.0. The molecule has 2 aromatic carbocycles. The first-order valence-corrected chi connectivity index (χ1v) is 11.4. The predicted octanol–water partition coefficient (Wildman–Crippen LogP) is 4.13. The lowest BCUT2D eigenvalue weighted by molar-refractivity contribution is -0.128. The third-order valence-electron chi connectivity index (χ3n) is 4.86. The molecule has 0 saturated carbocycles. The van der Waals surface area contributed by atoms with Gasteiger partial charge in [-0.1, -0.05) is 32.0 Å². The summed E-state index contributed by atoms with van der Waals surface area (Å²) >= 11 is 0. The van der Waals surface area contributed by atoms with Crippen LogP contribution in [0.1, 0.15) is 49.4 Å². The van der Waals surface area contributed by atoms with Gasteiger partial charge in [0, 0.05) is 6.26 Å². The van der Waals surface area contributed by atoms with E-state index in [1.54, 1.807) is 24.3 Å². The van der Waals surface area contributed by atoms with Gasteiger partial charge >= 0.3 is 0 Å². The van der Waals surface area contributed by atoms with Crippen LogP contribution in [0.3, 0.4) is 0 Å². The quantitative estimate of drug-likeness (QED) is 0.719. The zero-order valence-corrected chi connectivity index (χ0v) is 18.0. The Bertz CT molecular complexity index is 920. The zero-order valence-electron chi connectivity index (χ0n) is 17.2. The van der Waals surface area contributed by atoms with Gasteiger partial charge < -0.3 is 10.1 Å². The summed E-state index contributed by atoms with van der Waals surface area (Å²) in [6, 6.07) is 12.2. The molecule has 0 radical (unpaired) electrons. The van der Waals surface area contributed by atoms with E-state index in [2.05, 4.69) is 5.32 Å². The van der Waals surface area contributed by atoms with E-state index in [0.717, 1.165) is 11.1 Å². The Morgan fingerprint density at radius 3 is 2.14 bits per heavy atom. The molecule has 1 amide bonds. The van der Waals surface area contributed by atoms with Gasteiger partial charge in [0.15, 0.2) is 15.9 Å². The monoisotopic (exact) mass is 403 g/mol. The van der Waals surface area contributed by atoms with Gasteiger partial charge in [0.25, 0.3) is 5.91 Å². The summed E-state index contributed by atoms with van der Waals surface area (Å²) in [5, 5.41) is 3.03. The topological polar surface area (TPSA) is 72.5 Å². The SMILES string of the molecule is CC[C@H](Oc1ccc(C)c(C)c1)C(=O)N[C@@H](CC)c1ccc(S(C)(=O)=O)cc1. The first kappa shape index (κ1) is 22.0. The normalized spacial score (nSPS) is 13.6. The number of amides is 1. The Morgan fingerprint density at radius 2 is 1.64 bits per heavy atom. The average Bonchev–Trinajstić information content (AvgIpc) is 2.66. The molecule has 1 N–H and O–H groups in total. The second kappa shape index (κ2) is 9.24. The molecule has 0 fully saturated rings. The summed E-state index contributed by atoms with van der Waals surface area (Å²) in [5.74, 6) is 0.496. The molecule has 152 valence electrons. The highest BCUT2D eigenvalue weighted by Gasteiger charge is 2.22. The van der Waals surface area contributed by atoms with Crippen LogP contribution in [0.5, 0.6) is 5.75 Å². The molecule has 6 heteroatoms. The molecule has 2 atom stereocenters. The zero-order chi connectivity index (χ0) is 20.9. The van der Waals surface area contributed by atoms with E-state index in [1.807, 2.05) is 45.9 Å². The lowest BCUT2D eigenvalue weighted by Crippen LogP contribution is -2.40. The molecule has 28 heavy (non-hydrogen) atoms. The molecule has 0 aliphatic carbocycles. The minimum atomic E-state index is -3.24. The molecule has 0 spiro atoms. The highest BCUT2D eigenvalue weighted by molar-refractivity contribution is 7.90. The van der Waals surface area contributed by atoms with E-state index in [-0.39, 0.29) is 16.8 Å². The van der Waals surface area contributed by atoms with Gasteiger partial charge in [-0.05, 0) is 67.6 Å². The first-order chi connectivity index (χ1) is 13.2. The Kier molecular flexibility index (Phi) is 7.24. The number of ether oxygens (including phenoxy) is 1. The van der Waals surface area contributed by atoms with Crippen LogP contribution in [0.2, 0.25) is 0 Å². The van der Waals surface area contributed by atoms with E-state index in [0.29, 0.717) is 18.6 Å². The first-order valence-electron chi connectivity index (χ1n) is 9.50. The predicted molar refractivity (Wildman–Crippen MR) is 111 cm³/mol. The molecule has 0 aromatic heterocycles. The molecule has 2 aromatic rings. The van der Waals surface area contributed by atoms with Crippen LogP contribution in [0.15, 0.2) is 47.4 Å². The number of hydrogen-bond donors (Lipinski definition) is 1. The van der Waals surface area contributed by atoms with Crippen molar-refractivity contribution >= 4 is 15.7 Å². The molecular formula is C22H29NO4S. The molecule has 2 rings (SSSR count). The van der Waals surface area contributed by atoms with E-state index in [1.165, 1.54) is 11.8 Å². The Morgan fingerprint density at radius 1 is 1.00 bits per heavy atom. The van der Waals surface area contributed by atoms with Gasteiger partial charge in [-0.15, -0.1) is 0 Å². The van der Waals surface area contributed by atoms with Crippen LogP contribution in [0.25, 0.3) is 0 Å². The lowest BCUT2D eigenvalue weighted by Gasteiger charge is -2.23. The number of rotatable bonds is 8. The van der Waals surface area contributed by atoms with Crippen LogP contribution in [-0.2, 0) is 14.6 Å². The Hall–Kier alpha value is -2.34. The van der Waals surface area contributed by atoms with E-state index in [4.69, 9.17) is 4.74 Å². The largest absolute Gasteiger partial charge is 0.481 e. The molecule has 5 nitrogen and oxygen atoms in total. The van der Waals surface area contributed by atoms with Gasteiger partial charge in [-0.2, -0.15) is 0 Å². The smallest absolute Gasteiger partial charge is 0.261 e. The molecule has 0 saturated heterocycles. The van der Waals surface area contributed by atoms with Crippen LogP contribution < -0.4 is 10.1 Å². The number of aryl methyl sites for hydroxylation is 2. The summed E-state index contributed by atoms with van der Waals surface area (Å²) in [5.41, 5.74) is 3.16. The molecular weight excluding hydrogens is 374 g/mol. The number of nitrogens with one attached hydrogen (secondary N) is 1. The van der Waals surface area contributed by atoms with Crippen molar-refractivity contribution in [1.82, 2.24) is 5.32 Å². The summed E-state index contributed by atoms with van der Waals surface area (Å²) in [6.45, 7) is 7.92. The van der Waals surface area contributed by atoms with Crippen molar-refractivity contribution in [2.45, 2.75) is 57.6 Å². The third-order valence-corrected chi connectivity index (χ3v) is 5.98. The van der Waals surface area contributed by atoms with Gasteiger partial charge in [0.05, 0.1) is 10.9 Å². The number of sulfone groups is 1. The van der Waals surface area contributed by atoms with Crippen LogP contribution in [0.4, 0.5) is 0 Å². The van der Waals surface area contributed by atoms with E-state index in [9.17, 15) is 13.2 Å². The summed E-state index contributed by atoms with van der Waals surface area (Å²) < 4.78 is 29.2. The maximum Gasteiger partial charge on any atom is 0.261 e. The van der Waals surface area contributed by atoms with Gasteiger partial charge in [0.1, 0.15) is 5.75 Å². The number of carbonyl (C=O) groups excluding carboxylic acids is 1. The van der Waals surface area contributed by atoms with E-state index >= 15 is 0 Å². The van der Waals surface area contributed by atoms with Crippen molar-refractivity contribution in [3.8, 4) is 5.75 Å². The second-order valence-corrected chi connectivity index (χ2v) is 9.09. The molecule has 0 heterocycles. The van der Waals surface area contributed by atoms with Crippen molar-refractivity contribution < 1.29 is 17.9 Å². The highest BCUT2D eigenvalue weighted by atomic mass is 32.2. The average molecular weight is 404 g/mol. The molecule has 0 aliphatic heterocycles. The Labute approximate surface area is 168 Å². The van der Waals surface area contributed by atoms with Gasteiger partial charge in [-0.25, -0.2) is 8.42 Å². The fourth-order valence-electron chi connectivity index (χ4n) is 2.91. The standard InChI is InChI=1S/C22H29NO4S/c1-6-20(17-9-12-19(13-10-17)28(5,25)26)23-22(24)21(7-2)27-18-11-8-15(3)16(4)14-18/h8-14,20-21H,6-7H2,1-5H3,(H,23,24)/t20-,21-/m0/s1. The minimum Gasteiger partial charge on any atom is -0.481 e. The number of carbonyl (C=O) groups is 1. The van der Waals surface area contributed by atoms with E-state index < -0.39 is 15.9 Å². The number of hydrogen-bond acceptors (Lipinski definition) is 4. The molecule has 0 bridgehead atoms. The molecule has 0 unspecified atom stereocenters. The fourth-order valence-corrected chi connectivity index (χ4v) is 3.54. The third kappa shape index (κ3) is 5.58. The fraction of sp³-hybridized carbons (Fsp3) is 0.409. The number of benzene rings is 2. The maximum absolute atomic E-state index is 12.8. The van der Waals surface area contributed by atoms with Crippen molar-refractivity contribution in [3.63, 3.8) is 0 Å². The minimum absolute atomic E-state index is 0.181. The van der Waals surface area contributed by atoms with Gasteiger partial charge in [-0.3, -0.25) is 4.79 Å². The van der Waals surface area contributed by atoms with Crippen LogP contribution in [0, 0.1) is 13.8 Å². The second-order valence-electron chi connectivity index (χ2n) is 7.07.